The highest BCUT2D eigenvalue weighted by atomic mass is 16.5. The van der Waals surface area contributed by atoms with Crippen LogP contribution in [0.5, 0.6) is 0 Å². The lowest BCUT2D eigenvalue weighted by molar-refractivity contribution is -0.130. The van der Waals surface area contributed by atoms with Crippen LogP contribution in [0.1, 0.15) is 23.8 Å². The van der Waals surface area contributed by atoms with Gasteiger partial charge in [-0.25, -0.2) is 4.98 Å². The zero-order chi connectivity index (χ0) is 12.0. The molecule has 17 heavy (non-hydrogen) atoms. The monoisotopic (exact) mass is 234 g/mol. The highest BCUT2D eigenvalue weighted by molar-refractivity contribution is 5.86. The number of aromatic nitrogens is 2. The lowest BCUT2D eigenvalue weighted by atomic mass is 9.92. The van der Waals surface area contributed by atoms with Crippen molar-refractivity contribution in [3.63, 3.8) is 0 Å². The maximum atomic E-state index is 11.7. The Kier molecular flexibility index (Phi) is 2.25. The minimum Gasteiger partial charge on any atom is -0.369 e. The topological polar surface area (TPSA) is 80.0 Å². The predicted molar refractivity (Wildman–Crippen MR) is 59.6 cm³/mol. The Hall–Kier alpha value is -1.69. The molecule has 1 unspecified atom stereocenters. The molecule has 0 amide bonds. The molecule has 6 heteroatoms. The van der Waals surface area contributed by atoms with Gasteiger partial charge in [0.05, 0.1) is 5.69 Å². The minimum absolute atomic E-state index is 0.0508. The highest BCUT2D eigenvalue weighted by Gasteiger charge is 2.32. The zero-order valence-electron chi connectivity index (χ0n) is 9.62. The zero-order valence-corrected chi connectivity index (χ0v) is 9.62. The number of hydrogen-bond donors (Lipinski definition) is 2. The number of methoxy groups -OCH3 is 1. The second-order valence-electron chi connectivity index (χ2n) is 4.31. The van der Waals surface area contributed by atoms with Crippen LogP contribution in [0.25, 0.3) is 0 Å². The van der Waals surface area contributed by atoms with Crippen LogP contribution >= 0.6 is 0 Å². The molecule has 90 valence electrons. The Balaban J connectivity index is 2.24. The Labute approximate surface area is 98.1 Å². The molecule has 0 radical (unpaired) electrons. The van der Waals surface area contributed by atoms with Crippen LogP contribution in [0.2, 0.25) is 0 Å². The largest absolute Gasteiger partial charge is 0.369 e. The van der Waals surface area contributed by atoms with Gasteiger partial charge in [-0.1, -0.05) is 0 Å². The fourth-order valence-corrected chi connectivity index (χ4v) is 2.58. The van der Waals surface area contributed by atoms with Gasteiger partial charge in [0.25, 0.3) is 0 Å². The smallest absolute Gasteiger partial charge is 0.223 e. The van der Waals surface area contributed by atoms with E-state index in [-0.39, 0.29) is 11.4 Å². The Bertz CT molecular complexity index is 549. The maximum Gasteiger partial charge on any atom is 0.223 e. The number of Topliss-reactive ketones (excluding diaryl/α,β-unsaturated/α-hetero) is 1. The number of rotatable bonds is 1. The molecule has 1 aromatic heterocycles. The molecule has 0 saturated carbocycles. The van der Waals surface area contributed by atoms with Gasteiger partial charge in [-0.2, -0.15) is 0 Å². The second kappa shape index (κ2) is 3.66. The SMILES string of the molecule is COC1C(=O)CCc2c1nc(=N)n1c2NCC1. The van der Waals surface area contributed by atoms with Crippen molar-refractivity contribution in [1.29, 1.82) is 5.41 Å². The van der Waals surface area contributed by atoms with Gasteiger partial charge in [0, 0.05) is 32.2 Å². The van der Waals surface area contributed by atoms with Crippen molar-refractivity contribution in [2.45, 2.75) is 25.5 Å². The van der Waals surface area contributed by atoms with Crippen molar-refractivity contribution >= 4 is 11.6 Å². The molecule has 0 spiro atoms. The van der Waals surface area contributed by atoms with Crippen LogP contribution in [0, 0.1) is 5.41 Å². The normalized spacial score (nSPS) is 21.9. The summed E-state index contributed by atoms with van der Waals surface area (Å²) in [5, 5.41) is 11.1. The quantitative estimate of drug-likeness (QED) is 0.716. The summed E-state index contributed by atoms with van der Waals surface area (Å²) in [6.45, 7) is 1.58. The number of nitrogens with zero attached hydrogens (tertiary/aromatic N) is 2. The van der Waals surface area contributed by atoms with E-state index >= 15 is 0 Å². The molecule has 2 aliphatic rings. The third-order valence-corrected chi connectivity index (χ3v) is 3.37. The van der Waals surface area contributed by atoms with Gasteiger partial charge in [0.15, 0.2) is 11.9 Å². The second-order valence-corrected chi connectivity index (χ2v) is 4.31. The van der Waals surface area contributed by atoms with E-state index in [9.17, 15) is 4.79 Å². The first-order valence-corrected chi connectivity index (χ1v) is 5.70. The molecule has 0 aromatic carbocycles. The number of hydrogen-bond acceptors (Lipinski definition) is 5. The Morgan fingerprint density at radius 3 is 3.12 bits per heavy atom. The summed E-state index contributed by atoms with van der Waals surface area (Å²) < 4.78 is 7.06. The van der Waals surface area contributed by atoms with E-state index in [1.807, 2.05) is 4.57 Å². The number of ketones is 1. The van der Waals surface area contributed by atoms with E-state index in [2.05, 4.69) is 10.3 Å². The fourth-order valence-electron chi connectivity index (χ4n) is 2.58. The first kappa shape index (κ1) is 10.5. The summed E-state index contributed by atoms with van der Waals surface area (Å²) in [5.74, 6) is 0.990. The van der Waals surface area contributed by atoms with Crippen molar-refractivity contribution in [2.75, 3.05) is 19.0 Å². The molecule has 1 atom stereocenters. The minimum atomic E-state index is -0.601. The van der Waals surface area contributed by atoms with Crippen LogP contribution < -0.4 is 10.9 Å². The van der Waals surface area contributed by atoms with Gasteiger partial charge >= 0.3 is 0 Å². The van der Waals surface area contributed by atoms with Crippen LogP contribution in [0.15, 0.2) is 0 Å². The van der Waals surface area contributed by atoms with E-state index in [1.54, 1.807) is 0 Å². The molecule has 3 rings (SSSR count). The van der Waals surface area contributed by atoms with Crippen molar-refractivity contribution in [2.24, 2.45) is 0 Å². The summed E-state index contributed by atoms with van der Waals surface area (Å²) in [5.41, 5.74) is 1.85. The fraction of sp³-hybridized carbons (Fsp3) is 0.545. The predicted octanol–water partition coefficient (Wildman–Crippen LogP) is -0.00913. The molecule has 0 bridgehead atoms. The Morgan fingerprint density at radius 2 is 2.35 bits per heavy atom. The molecule has 2 heterocycles. The number of ether oxygens (including phenoxy) is 1. The van der Waals surface area contributed by atoms with Crippen LogP contribution in [0.3, 0.4) is 0 Å². The van der Waals surface area contributed by atoms with E-state index in [1.165, 1.54) is 7.11 Å². The maximum absolute atomic E-state index is 11.7. The summed E-state index contributed by atoms with van der Waals surface area (Å²) in [6.07, 6.45) is 0.569. The van der Waals surface area contributed by atoms with E-state index in [0.29, 0.717) is 18.5 Å². The van der Waals surface area contributed by atoms with Gasteiger partial charge in [-0.05, 0) is 6.42 Å². The summed E-state index contributed by atoms with van der Waals surface area (Å²) in [6, 6.07) is 0. The standard InChI is InChI=1S/C11H14N4O2/c1-17-9-7(16)3-2-6-8(9)14-11(12)15-5-4-13-10(6)15/h9,12-13H,2-5H2,1H3. The molecular formula is C11H14N4O2. The summed E-state index contributed by atoms with van der Waals surface area (Å²) in [7, 11) is 1.51. The number of carbonyl (C=O) groups excluding carboxylic acids is 1. The van der Waals surface area contributed by atoms with Crippen molar-refractivity contribution in [3.05, 3.63) is 16.9 Å². The lowest BCUT2D eigenvalue weighted by Crippen LogP contribution is -2.31. The molecule has 1 aliphatic carbocycles. The number of anilines is 1. The molecule has 0 saturated heterocycles. The molecule has 1 aliphatic heterocycles. The first-order valence-electron chi connectivity index (χ1n) is 5.70. The van der Waals surface area contributed by atoms with Crippen LogP contribution in [-0.2, 0) is 22.5 Å². The van der Waals surface area contributed by atoms with Crippen LogP contribution in [-0.4, -0.2) is 29.0 Å². The number of fused-ring (bicyclic) bond motifs is 3. The van der Waals surface area contributed by atoms with Gasteiger partial charge in [0.1, 0.15) is 5.82 Å². The van der Waals surface area contributed by atoms with Gasteiger partial charge in [-0.15, -0.1) is 0 Å². The first-order chi connectivity index (χ1) is 8.22. The molecule has 1 aromatic rings. The van der Waals surface area contributed by atoms with E-state index in [0.717, 1.165) is 24.5 Å². The van der Waals surface area contributed by atoms with E-state index < -0.39 is 6.10 Å². The molecular weight excluding hydrogens is 220 g/mol. The average Bonchev–Trinajstić information content (AvgIpc) is 2.79. The van der Waals surface area contributed by atoms with Crippen molar-refractivity contribution < 1.29 is 9.53 Å². The van der Waals surface area contributed by atoms with Gasteiger partial charge in [0.2, 0.25) is 5.62 Å². The highest BCUT2D eigenvalue weighted by Crippen LogP contribution is 2.32. The van der Waals surface area contributed by atoms with Crippen LogP contribution in [0.4, 0.5) is 5.82 Å². The van der Waals surface area contributed by atoms with Crippen molar-refractivity contribution in [3.8, 4) is 0 Å². The average molecular weight is 234 g/mol. The molecule has 6 nitrogen and oxygen atoms in total. The van der Waals surface area contributed by atoms with Gasteiger partial charge in [-0.3, -0.25) is 14.8 Å². The molecule has 2 N–H and O–H groups in total. The summed E-state index contributed by atoms with van der Waals surface area (Å²) in [4.78, 5) is 16.0. The third-order valence-electron chi connectivity index (χ3n) is 3.37. The van der Waals surface area contributed by atoms with Crippen molar-refractivity contribution in [1.82, 2.24) is 9.55 Å². The number of carbonyl (C=O) groups is 1. The van der Waals surface area contributed by atoms with Gasteiger partial charge < -0.3 is 10.1 Å². The summed E-state index contributed by atoms with van der Waals surface area (Å²) >= 11 is 0. The van der Waals surface area contributed by atoms with E-state index in [4.69, 9.17) is 10.1 Å². The number of nitrogens with one attached hydrogen (secondary N) is 2. The third kappa shape index (κ3) is 1.40. The lowest BCUT2D eigenvalue weighted by Gasteiger charge is -2.24. The Morgan fingerprint density at radius 1 is 1.53 bits per heavy atom. The molecule has 0 fully saturated rings.